The van der Waals surface area contributed by atoms with Crippen molar-refractivity contribution in [3.8, 4) is 11.4 Å². The minimum atomic E-state index is -0.915. The van der Waals surface area contributed by atoms with Crippen molar-refractivity contribution >= 4 is 5.97 Å². The van der Waals surface area contributed by atoms with Crippen molar-refractivity contribution in [3.63, 3.8) is 0 Å². The molecular formula is C15H20N4O2. The molecule has 2 rings (SSSR count). The Labute approximate surface area is 123 Å². The molecule has 0 bridgehead atoms. The predicted octanol–water partition coefficient (Wildman–Crippen LogP) is 2.63. The Morgan fingerprint density at radius 3 is 2.62 bits per heavy atom. The van der Waals surface area contributed by atoms with Gasteiger partial charge in [0.1, 0.15) is 0 Å². The van der Waals surface area contributed by atoms with E-state index in [2.05, 4.69) is 15.5 Å². The second-order valence-corrected chi connectivity index (χ2v) is 5.41. The Morgan fingerprint density at radius 2 is 2.05 bits per heavy atom. The maximum Gasteiger partial charge on any atom is 0.328 e. The van der Waals surface area contributed by atoms with Crippen molar-refractivity contribution < 1.29 is 9.90 Å². The first-order chi connectivity index (χ1) is 9.95. The first kappa shape index (κ1) is 15.2. The largest absolute Gasteiger partial charge is 0.480 e. The summed E-state index contributed by atoms with van der Waals surface area (Å²) in [4.78, 5) is 11.6. The number of aromatic nitrogens is 4. The number of carboxylic acids is 1. The van der Waals surface area contributed by atoms with Gasteiger partial charge in [0.05, 0.1) is 0 Å². The number of aryl methyl sites for hydroxylation is 2. The van der Waals surface area contributed by atoms with Crippen molar-refractivity contribution in [2.24, 2.45) is 5.92 Å². The Morgan fingerprint density at radius 1 is 1.33 bits per heavy atom. The SMILES string of the molecule is CCC(C)C(C(=O)O)n1nnnc1-c1ccc(C)c(C)c1. The average molecular weight is 288 g/mol. The molecule has 0 aliphatic rings. The van der Waals surface area contributed by atoms with Gasteiger partial charge in [0.25, 0.3) is 0 Å². The molecule has 0 saturated heterocycles. The van der Waals surface area contributed by atoms with Gasteiger partial charge in [-0.3, -0.25) is 0 Å². The molecule has 2 aromatic rings. The number of aliphatic carboxylic acids is 1. The second-order valence-electron chi connectivity index (χ2n) is 5.41. The summed E-state index contributed by atoms with van der Waals surface area (Å²) in [5.41, 5.74) is 3.13. The molecule has 112 valence electrons. The second kappa shape index (κ2) is 6.03. The summed E-state index contributed by atoms with van der Waals surface area (Å²) in [7, 11) is 0. The number of rotatable bonds is 5. The van der Waals surface area contributed by atoms with Gasteiger partial charge < -0.3 is 5.11 Å². The lowest BCUT2D eigenvalue weighted by Crippen LogP contribution is -2.27. The van der Waals surface area contributed by atoms with Crippen LogP contribution in [0.1, 0.15) is 37.4 Å². The average Bonchev–Trinajstić information content (AvgIpc) is 2.90. The van der Waals surface area contributed by atoms with Gasteiger partial charge in [0, 0.05) is 5.56 Å². The van der Waals surface area contributed by atoms with Crippen LogP contribution < -0.4 is 0 Å². The fourth-order valence-electron chi connectivity index (χ4n) is 2.26. The highest BCUT2D eigenvalue weighted by Crippen LogP contribution is 2.26. The van der Waals surface area contributed by atoms with Crippen LogP contribution in [0.2, 0.25) is 0 Å². The summed E-state index contributed by atoms with van der Waals surface area (Å²) in [6, 6.07) is 5.12. The normalized spacial score (nSPS) is 13.9. The van der Waals surface area contributed by atoms with Gasteiger partial charge in [-0.1, -0.05) is 32.4 Å². The Balaban J connectivity index is 2.50. The summed E-state index contributed by atoms with van der Waals surface area (Å²) in [6.07, 6.45) is 0.739. The van der Waals surface area contributed by atoms with Crippen LogP contribution >= 0.6 is 0 Å². The minimum absolute atomic E-state index is 0.0590. The van der Waals surface area contributed by atoms with E-state index in [0.29, 0.717) is 5.82 Å². The molecule has 1 aromatic carbocycles. The van der Waals surface area contributed by atoms with Gasteiger partial charge in [-0.25, -0.2) is 9.48 Å². The zero-order chi connectivity index (χ0) is 15.6. The molecule has 2 atom stereocenters. The summed E-state index contributed by atoms with van der Waals surface area (Å²) in [6.45, 7) is 7.89. The van der Waals surface area contributed by atoms with Crippen molar-refractivity contribution in [2.45, 2.75) is 40.2 Å². The molecule has 1 N–H and O–H groups in total. The molecule has 0 spiro atoms. The van der Waals surface area contributed by atoms with E-state index < -0.39 is 12.0 Å². The zero-order valence-corrected chi connectivity index (χ0v) is 12.7. The predicted molar refractivity (Wildman–Crippen MR) is 78.9 cm³/mol. The molecule has 0 saturated carbocycles. The fraction of sp³-hybridized carbons (Fsp3) is 0.467. The molecule has 6 heteroatoms. The van der Waals surface area contributed by atoms with Gasteiger partial charge in [0.15, 0.2) is 11.9 Å². The van der Waals surface area contributed by atoms with Crippen LogP contribution in [0.4, 0.5) is 0 Å². The molecule has 2 unspecified atom stereocenters. The summed E-state index contributed by atoms with van der Waals surface area (Å²) < 4.78 is 1.42. The van der Waals surface area contributed by atoms with Crippen molar-refractivity contribution in [1.29, 1.82) is 0 Å². The van der Waals surface area contributed by atoms with Crippen molar-refractivity contribution in [1.82, 2.24) is 20.2 Å². The Hall–Kier alpha value is -2.24. The van der Waals surface area contributed by atoms with E-state index in [1.54, 1.807) is 0 Å². The molecule has 1 heterocycles. The molecule has 0 radical (unpaired) electrons. The molecule has 0 aliphatic heterocycles. The number of hydrogen-bond donors (Lipinski definition) is 1. The first-order valence-corrected chi connectivity index (χ1v) is 7.04. The third-order valence-corrected chi connectivity index (χ3v) is 3.96. The molecule has 0 aliphatic carbocycles. The first-order valence-electron chi connectivity index (χ1n) is 7.04. The van der Waals surface area contributed by atoms with Gasteiger partial charge in [-0.2, -0.15) is 0 Å². The van der Waals surface area contributed by atoms with Crippen LogP contribution in [0.25, 0.3) is 11.4 Å². The fourth-order valence-corrected chi connectivity index (χ4v) is 2.26. The molecular weight excluding hydrogens is 268 g/mol. The van der Waals surface area contributed by atoms with Crippen LogP contribution in [0.15, 0.2) is 18.2 Å². The number of hydrogen-bond acceptors (Lipinski definition) is 4. The smallest absolute Gasteiger partial charge is 0.328 e. The molecule has 0 fully saturated rings. The third kappa shape index (κ3) is 2.94. The number of carbonyl (C=O) groups is 1. The van der Waals surface area contributed by atoms with Gasteiger partial charge in [-0.05, 0) is 47.4 Å². The Kier molecular flexibility index (Phi) is 4.35. The van der Waals surface area contributed by atoms with E-state index in [1.807, 2.05) is 45.9 Å². The van der Waals surface area contributed by atoms with Crippen LogP contribution in [-0.4, -0.2) is 31.3 Å². The van der Waals surface area contributed by atoms with E-state index in [0.717, 1.165) is 17.5 Å². The number of nitrogens with zero attached hydrogens (tertiary/aromatic N) is 4. The van der Waals surface area contributed by atoms with E-state index >= 15 is 0 Å². The van der Waals surface area contributed by atoms with Crippen LogP contribution in [0.5, 0.6) is 0 Å². The zero-order valence-electron chi connectivity index (χ0n) is 12.7. The minimum Gasteiger partial charge on any atom is -0.480 e. The topological polar surface area (TPSA) is 80.9 Å². The Bertz CT molecular complexity index is 651. The highest BCUT2D eigenvalue weighted by atomic mass is 16.4. The molecule has 6 nitrogen and oxygen atoms in total. The quantitative estimate of drug-likeness (QED) is 0.914. The maximum atomic E-state index is 11.6. The lowest BCUT2D eigenvalue weighted by atomic mass is 9.99. The number of benzene rings is 1. The van der Waals surface area contributed by atoms with Gasteiger partial charge in [0.2, 0.25) is 0 Å². The summed E-state index contributed by atoms with van der Waals surface area (Å²) in [5.74, 6) is -0.483. The van der Waals surface area contributed by atoms with Crippen molar-refractivity contribution in [2.75, 3.05) is 0 Å². The lowest BCUT2D eigenvalue weighted by Gasteiger charge is -2.19. The van der Waals surface area contributed by atoms with Gasteiger partial charge >= 0.3 is 5.97 Å². The van der Waals surface area contributed by atoms with E-state index in [9.17, 15) is 9.90 Å². The van der Waals surface area contributed by atoms with E-state index in [1.165, 1.54) is 10.2 Å². The maximum absolute atomic E-state index is 11.6. The molecule has 21 heavy (non-hydrogen) atoms. The number of tetrazole rings is 1. The standard InChI is InChI=1S/C15H20N4O2/c1-5-9(2)13(15(20)21)19-14(16-17-18-19)12-7-6-10(3)11(4)8-12/h6-9,13H,5H2,1-4H3,(H,20,21). The highest BCUT2D eigenvalue weighted by molar-refractivity contribution is 5.73. The van der Waals surface area contributed by atoms with Crippen LogP contribution in [-0.2, 0) is 4.79 Å². The van der Waals surface area contributed by atoms with Crippen LogP contribution in [0, 0.1) is 19.8 Å². The van der Waals surface area contributed by atoms with Gasteiger partial charge in [-0.15, -0.1) is 5.10 Å². The molecule has 1 aromatic heterocycles. The monoisotopic (exact) mass is 288 g/mol. The summed E-state index contributed by atoms with van der Waals surface area (Å²) in [5, 5.41) is 21.1. The number of carboxylic acid groups (broad SMARTS) is 1. The van der Waals surface area contributed by atoms with E-state index in [-0.39, 0.29) is 5.92 Å². The van der Waals surface area contributed by atoms with Crippen molar-refractivity contribution in [3.05, 3.63) is 29.3 Å². The van der Waals surface area contributed by atoms with Crippen LogP contribution in [0.3, 0.4) is 0 Å². The van der Waals surface area contributed by atoms with E-state index in [4.69, 9.17) is 0 Å². The lowest BCUT2D eigenvalue weighted by molar-refractivity contribution is -0.142. The summed E-state index contributed by atoms with van der Waals surface area (Å²) >= 11 is 0. The molecule has 0 amide bonds. The highest BCUT2D eigenvalue weighted by Gasteiger charge is 2.29. The third-order valence-electron chi connectivity index (χ3n) is 3.96.